The Balaban J connectivity index is 1.70. The zero-order valence-corrected chi connectivity index (χ0v) is 27.7. The summed E-state index contributed by atoms with van der Waals surface area (Å²) in [5.41, 5.74) is 0.815. The van der Waals surface area contributed by atoms with Gasteiger partial charge in [-0.05, 0) is 92.9 Å². The lowest BCUT2D eigenvalue weighted by molar-refractivity contribution is -0.139. The molecule has 44 heavy (non-hydrogen) atoms. The largest absolute Gasteiger partial charge is 0.494 e. The van der Waals surface area contributed by atoms with Gasteiger partial charge in [-0.3, -0.25) is 13.9 Å². The van der Waals surface area contributed by atoms with E-state index in [4.69, 9.17) is 39.5 Å². The summed E-state index contributed by atoms with van der Waals surface area (Å²) in [6.07, 6.45) is 4.94. The number of hydrogen-bond acceptors (Lipinski definition) is 5. The van der Waals surface area contributed by atoms with Crippen LogP contribution < -0.4 is 14.4 Å². The zero-order valence-electron chi connectivity index (χ0n) is 24.6. The Morgan fingerprint density at radius 2 is 1.57 bits per heavy atom. The zero-order chi connectivity index (χ0) is 31.9. The summed E-state index contributed by atoms with van der Waals surface area (Å²) in [7, 11) is -4.24. The number of rotatable bonds is 12. The predicted molar refractivity (Wildman–Crippen MR) is 175 cm³/mol. The van der Waals surface area contributed by atoms with Crippen LogP contribution in [0, 0.1) is 0 Å². The van der Waals surface area contributed by atoms with Gasteiger partial charge in [0.25, 0.3) is 10.0 Å². The fourth-order valence-corrected chi connectivity index (χ4v) is 7.13. The van der Waals surface area contributed by atoms with Crippen molar-refractivity contribution in [1.82, 2.24) is 10.2 Å². The lowest BCUT2D eigenvalue weighted by atomic mass is 9.95. The van der Waals surface area contributed by atoms with E-state index in [-0.39, 0.29) is 29.1 Å². The molecule has 0 unspecified atom stereocenters. The Hall–Kier alpha value is -2.98. The standard InChI is InChI=1S/C32H36Cl3N3O5S/c1-3-43-28-15-13-27(14-16-28)38(44(41,42)29-17-11-24(33)12-18-29)21-31(39)37(20-23-9-10-25(34)19-30(23)35)22(2)32(40)36-26-7-5-4-6-8-26/h9-19,22,26H,3-8,20-21H2,1-2H3,(H,36,40)/t22-/m1/s1. The molecule has 3 aromatic carbocycles. The number of amides is 2. The van der Waals surface area contributed by atoms with Gasteiger partial charge in [0.1, 0.15) is 18.3 Å². The predicted octanol–water partition coefficient (Wildman–Crippen LogP) is 7.11. The van der Waals surface area contributed by atoms with Gasteiger partial charge in [-0.25, -0.2) is 8.42 Å². The molecule has 236 valence electrons. The Morgan fingerprint density at radius 1 is 0.932 bits per heavy atom. The summed E-state index contributed by atoms with van der Waals surface area (Å²) in [4.78, 5) is 29.0. The van der Waals surface area contributed by atoms with Gasteiger partial charge in [-0.15, -0.1) is 0 Å². The number of hydrogen-bond donors (Lipinski definition) is 1. The van der Waals surface area contributed by atoms with E-state index in [9.17, 15) is 18.0 Å². The molecule has 2 amide bonds. The van der Waals surface area contributed by atoms with Crippen LogP contribution in [0.5, 0.6) is 5.75 Å². The molecule has 8 nitrogen and oxygen atoms in total. The highest BCUT2D eigenvalue weighted by Crippen LogP contribution is 2.28. The highest BCUT2D eigenvalue weighted by atomic mass is 35.5. The smallest absolute Gasteiger partial charge is 0.264 e. The first kappa shape index (κ1) is 33.9. The monoisotopic (exact) mass is 679 g/mol. The van der Waals surface area contributed by atoms with Gasteiger partial charge in [-0.2, -0.15) is 0 Å². The number of anilines is 1. The SMILES string of the molecule is CCOc1ccc(N(CC(=O)N(Cc2ccc(Cl)cc2Cl)[C@H](C)C(=O)NC2CCCCC2)S(=O)(=O)c2ccc(Cl)cc2)cc1. The molecule has 0 aromatic heterocycles. The number of nitrogens with zero attached hydrogens (tertiary/aromatic N) is 2. The van der Waals surface area contributed by atoms with Crippen LogP contribution in [0.25, 0.3) is 0 Å². The second kappa shape index (κ2) is 15.3. The number of nitrogens with one attached hydrogen (secondary N) is 1. The molecule has 0 heterocycles. The third kappa shape index (κ3) is 8.59. The molecule has 0 spiro atoms. The molecular formula is C32H36Cl3N3O5S. The number of sulfonamides is 1. The highest BCUT2D eigenvalue weighted by Gasteiger charge is 2.33. The number of benzene rings is 3. The third-order valence-electron chi connectivity index (χ3n) is 7.59. The minimum atomic E-state index is -4.24. The molecule has 0 saturated heterocycles. The summed E-state index contributed by atoms with van der Waals surface area (Å²) in [5, 5.41) is 4.21. The average Bonchev–Trinajstić information content (AvgIpc) is 3.00. The number of ether oxygens (including phenoxy) is 1. The molecule has 1 saturated carbocycles. The van der Waals surface area contributed by atoms with Crippen molar-refractivity contribution in [3.8, 4) is 5.75 Å². The number of carbonyl (C=O) groups excluding carboxylic acids is 2. The summed E-state index contributed by atoms with van der Waals surface area (Å²) < 4.78 is 34.5. The molecule has 1 aliphatic rings. The fourth-order valence-electron chi connectivity index (χ4n) is 5.12. The molecule has 1 N–H and O–H groups in total. The van der Waals surface area contributed by atoms with E-state index in [1.54, 1.807) is 49.4 Å². The van der Waals surface area contributed by atoms with Crippen LogP contribution in [0.3, 0.4) is 0 Å². The average molecular weight is 681 g/mol. The summed E-state index contributed by atoms with van der Waals surface area (Å²) in [6, 6.07) is 16.1. The van der Waals surface area contributed by atoms with Crippen molar-refractivity contribution >= 4 is 62.3 Å². The molecule has 3 aromatic rings. The van der Waals surface area contributed by atoms with Crippen molar-refractivity contribution in [2.45, 2.75) is 69.5 Å². The highest BCUT2D eigenvalue weighted by molar-refractivity contribution is 7.92. The number of halogens is 3. The summed E-state index contributed by atoms with van der Waals surface area (Å²) >= 11 is 18.6. The Labute approximate surface area is 274 Å². The molecule has 4 rings (SSSR count). The van der Waals surface area contributed by atoms with Gasteiger partial charge >= 0.3 is 0 Å². The van der Waals surface area contributed by atoms with Crippen LogP contribution in [-0.4, -0.2) is 50.4 Å². The first-order chi connectivity index (χ1) is 21.0. The van der Waals surface area contributed by atoms with Crippen molar-refractivity contribution in [2.75, 3.05) is 17.5 Å². The van der Waals surface area contributed by atoms with Gasteiger partial charge in [-0.1, -0.05) is 60.1 Å². The molecule has 1 aliphatic carbocycles. The van der Waals surface area contributed by atoms with E-state index >= 15 is 0 Å². The molecule has 0 radical (unpaired) electrons. The normalized spacial score (nSPS) is 14.5. The van der Waals surface area contributed by atoms with E-state index in [1.807, 2.05) is 6.92 Å². The van der Waals surface area contributed by atoms with E-state index in [2.05, 4.69) is 5.32 Å². The lowest BCUT2D eigenvalue weighted by Crippen LogP contribution is -2.53. The Kier molecular flexibility index (Phi) is 11.8. The quantitative estimate of drug-likeness (QED) is 0.220. The minimum Gasteiger partial charge on any atom is -0.494 e. The summed E-state index contributed by atoms with van der Waals surface area (Å²) in [6.45, 7) is 3.30. The van der Waals surface area contributed by atoms with Crippen LogP contribution in [0.1, 0.15) is 51.5 Å². The van der Waals surface area contributed by atoms with Crippen molar-refractivity contribution in [3.05, 3.63) is 87.4 Å². The van der Waals surface area contributed by atoms with E-state index in [1.165, 1.54) is 29.2 Å². The van der Waals surface area contributed by atoms with Crippen molar-refractivity contribution < 1.29 is 22.7 Å². The molecule has 1 fully saturated rings. The topological polar surface area (TPSA) is 96.0 Å². The van der Waals surface area contributed by atoms with Crippen molar-refractivity contribution in [3.63, 3.8) is 0 Å². The van der Waals surface area contributed by atoms with E-state index in [0.717, 1.165) is 36.4 Å². The first-order valence-electron chi connectivity index (χ1n) is 14.5. The van der Waals surface area contributed by atoms with Crippen molar-refractivity contribution in [2.24, 2.45) is 0 Å². The molecule has 0 bridgehead atoms. The van der Waals surface area contributed by atoms with Gasteiger partial charge in [0.05, 0.1) is 17.2 Å². The maximum Gasteiger partial charge on any atom is 0.264 e. The Bertz CT molecular complexity index is 1550. The van der Waals surface area contributed by atoms with Crippen LogP contribution in [0.4, 0.5) is 5.69 Å². The van der Waals surface area contributed by atoms with Gasteiger partial charge in [0.2, 0.25) is 11.8 Å². The molecular weight excluding hydrogens is 645 g/mol. The minimum absolute atomic E-state index is 0.0282. The van der Waals surface area contributed by atoms with Gasteiger partial charge in [0.15, 0.2) is 0 Å². The molecule has 1 atom stereocenters. The van der Waals surface area contributed by atoms with Crippen LogP contribution >= 0.6 is 34.8 Å². The number of carbonyl (C=O) groups is 2. The van der Waals surface area contributed by atoms with Crippen LogP contribution in [-0.2, 0) is 26.2 Å². The van der Waals surface area contributed by atoms with Crippen LogP contribution in [0.15, 0.2) is 71.6 Å². The summed E-state index contributed by atoms with van der Waals surface area (Å²) in [5.74, 6) is -0.351. The van der Waals surface area contributed by atoms with Gasteiger partial charge < -0.3 is 15.0 Å². The fraction of sp³-hybridized carbons (Fsp3) is 0.375. The maximum absolute atomic E-state index is 14.2. The Morgan fingerprint density at radius 3 is 2.18 bits per heavy atom. The molecule has 0 aliphatic heterocycles. The maximum atomic E-state index is 14.2. The second-order valence-corrected chi connectivity index (χ2v) is 13.8. The lowest BCUT2D eigenvalue weighted by Gasteiger charge is -2.33. The van der Waals surface area contributed by atoms with E-state index in [0.29, 0.717) is 33.0 Å². The van der Waals surface area contributed by atoms with E-state index < -0.39 is 28.5 Å². The second-order valence-electron chi connectivity index (χ2n) is 10.7. The first-order valence-corrected chi connectivity index (χ1v) is 17.1. The van der Waals surface area contributed by atoms with Crippen LogP contribution in [0.2, 0.25) is 15.1 Å². The third-order valence-corrected chi connectivity index (χ3v) is 10.2. The van der Waals surface area contributed by atoms with Crippen molar-refractivity contribution in [1.29, 1.82) is 0 Å². The van der Waals surface area contributed by atoms with Gasteiger partial charge in [0, 0.05) is 27.7 Å². The molecule has 12 heteroatoms.